The summed E-state index contributed by atoms with van der Waals surface area (Å²) in [6.07, 6.45) is 0.630. The third-order valence-electron chi connectivity index (χ3n) is 3.39. The van der Waals surface area contributed by atoms with E-state index in [1.807, 2.05) is 6.07 Å². The molecular weight excluding hydrogens is 258 g/mol. The smallest absolute Gasteiger partial charge is 0.249 e. The number of aromatic nitrogens is 2. The zero-order valence-electron chi connectivity index (χ0n) is 10.5. The standard InChI is InChI=1S/C13H11N5O2/c14-6-7-2-1-3-8-11(7)17-13(15)18(8)9-4-5-10(19)16-12(9)20/h1-3,9H,4-5H2,(H2,15,17)(H,16,19,20). The number of anilines is 1. The lowest BCUT2D eigenvalue weighted by atomic mass is 10.1. The van der Waals surface area contributed by atoms with Crippen LogP contribution in [0.1, 0.15) is 24.4 Å². The molecule has 100 valence electrons. The van der Waals surface area contributed by atoms with E-state index < -0.39 is 11.9 Å². The summed E-state index contributed by atoms with van der Waals surface area (Å²) in [5, 5.41) is 11.4. The van der Waals surface area contributed by atoms with Crippen molar-refractivity contribution in [1.82, 2.24) is 14.9 Å². The van der Waals surface area contributed by atoms with Crippen molar-refractivity contribution in [3.05, 3.63) is 23.8 Å². The van der Waals surface area contributed by atoms with E-state index in [0.717, 1.165) is 0 Å². The van der Waals surface area contributed by atoms with Gasteiger partial charge in [-0.05, 0) is 18.6 Å². The van der Waals surface area contributed by atoms with Gasteiger partial charge in [0.1, 0.15) is 17.6 Å². The summed E-state index contributed by atoms with van der Waals surface area (Å²) in [6, 6.07) is 6.58. The summed E-state index contributed by atoms with van der Waals surface area (Å²) in [6.45, 7) is 0. The first-order valence-electron chi connectivity index (χ1n) is 6.12. The van der Waals surface area contributed by atoms with Gasteiger partial charge < -0.3 is 5.73 Å². The summed E-state index contributed by atoms with van der Waals surface area (Å²) < 4.78 is 1.58. The maximum atomic E-state index is 12.0. The number of fused-ring (bicyclic) bond motifs is 1. The summed E-state index contributed by atoms with van der Waals surface area (Å²) >= 11 is 0. The molecular formula is C13H11N5O2. The molecule has 0 bridgehead atoms. The summed E-state index contributed by atoms with van der Waals surface area (Å²) in [7, 11) is 0. The molecule has 2 heterocycles. The lowest BCUT2D eigenvalue weighted by Gasteiger charge is -2.23. The normalized spacial score (nSPS) is 18.9. The molecule has 1 saturated heterocycles. The Balaban J connectivity index is 2.17. The molecule has 1 unspecified atom stereocenters. The van der Waals surface area contributed by atoms with Gasteiger partial charge in [-0.2, -0.15) is 5.26 Å². The van der Waals surface area contributed by atoms with Crippen LogP contribution in [0.15, 0.2) is 18.2 Å². The number of hydrogen-bond donors (Lipinski definition) is 2. The van der Waals surface area contributed by atoms with E-state index in [0.29, 0.717) is 23.0 Å². The van der Waals surface area contributed by atoms with Gasteiger partial charge in [-0.25, -0.2) is 4.98 Å². The van der Waals surface area contributed by atoms with Crippen LogP contribution in [-0.2, 0) is 9.59 Å². The van der Waals surface area contributed by atoms with Crippen molar-refractivity contribution in [2.24, 2.45) is 0 Å². The number of benzene rings is 1. The third-order valence-corrected chi connectivity index (χ3v) is 3.39. The first-order chi connectivity index (χ1) is 9.61. The molecule has 0 radical (unpaired) electrons. The van der Waals surface area contributed by atoms with Crippen molar-refractivity contribution in [3.63, 3.8) is 0 Å². The molecule has 1 aliphatic rings. The molecule has 0 saturated carbocycles. The van der Waals surface area contributed by atoms with Crippen molar-refractivity contribution in [2.45, 2.75) is 18.9 Å². The molecule has 0 aliphatic carbocycles. The molecule has 3 N–H and O–H groups in total. The van der Waals surface area contributed by atoms with Gasteiger partial charge in [0, 0.05) is 6.42 Å². The number of imidazole rings is 1. The number of rotatable bonds is 1. The molecule has 7 nitrogen and oxygen atoms in total. The minimum absolute atomic E-state index is 0.164. The van der Waals surface area contributed by atoms with Crippen molar-refractivity contribution in [3.8, 4) is 6.07 Å². The predicted molar refractivity (Wildman–Crippen MR) is 70.3 cm³/mol. The second kappa shape index (κ2) is 4.35. The number of nitriles is 1. The summed E-state index contributed by atoms with van der Waals surface area (Å²) in [5.74, 6) is -0.515. The van der Waals surface area contributed by atoms with Crippen LogP contribution >= 0.6 is 0 Å². The number of amides is 2. The van der Waals surface area contributed by atoms with Crippen LogP contribution in [0.5, 0.6) is 0 Å². The first-order valence-corrected chi connectivity index (χ1v) is 6.12. The van der Waals surface area contributed by atoms with Crippen molar-refractivity contribution >= 4 is 28.8 Å². The van der Waals surface area contributed by atoms with Crippen LogP contribution in [0.3, 0.4) is 0 Å². The Morgan fingerprint density at radius 2 is 2.25 bits per heavy atom. The van der Waals surface area contributed by atoms with Gasteiger partial charge in [-0.1, -0.05) is 6.07 Å². The van der Waals surface area contributed by atoms with E-state index in [4.69, 9.17) is 11.0 Å². The minimum atomic E-state index is -0.577. The molecule has 2 aromatic rings. The number of nitrogens with one attached hydrogen (secondary N) is 1. The number of nitrogens with zero attached hydrogens (tertiary/aromatic N) is 3. The zero-order chi connectivity index (χ0) is 14.3. The van der Waals surface area contributed by atoms with Gasteiger partial charge in [-0.3, -0.25) is 19.5 Å². The van der Waals surface area contributed by atoms with Crippen LogP contribution < -0.4 is 11.1 Å². The molecule has 1 aromatic carbocycles. The number of nitrogen functional groups attached to an aromatic ring is 1. The van der Waals surface area contributed by atoms with E-state index in [-0.39, 0.29) is 18.3 Å². The van der Waals surface area contributed by atoms with E-state index >= 15 is 0 Å². The maximum absolute atomic E-state index is 12.0. The Kier molecular flexibility index (Phi) is 2.64. The SMILES string of the molecule is N#Cc1cccc2c1nc(N)n2C1CCC(=O)NC1=O. The van der Waals surface area contributed by atoms with Gasteiger partial charge in [0.15, 0.2) is 0 Å². The van der Waals surface area contributed by atoms with Gasteiger partial charge in [0.2, 0.25) is 17.8 Å². The highest BCUT2D eigenvalue weighted by atomic mass is 16.2. The molecule has 1 aromatic heterocycles. The van der Waals surface area contributed by atoms with Crippen molar-refractivity contribution in [1.29, 1.82) is 5.26 Å². The number of imide groups is 1. The maximum Gasteiger partial charge on any atom is 0.249 e. The number of carbonyl (C=O) groups excluding carboxylic acids is 2. The third kappa shape index (κ3) is 1.70. The van der Waals surface area contributed by atoms with Crippen LogP contribution in [0.2, 0.25) is 0 Å². The average molecular weight is 269 g/mol. The quantitative estimate of drug-likeness (QED) is 0.730. The van der Waals surface area contributed by atoms with Crippen LogP contribution in [0.25, 0.3) is 11.0 Å². The molecule has 1 fully saturated rings. The lowest BCUT2D eigenvalue weighted by molar-refractivity contribution is -0.135. The topological polar surface area (TPSA) is 114 Å². The highest BCUT2D eigenvalue weighted by Gasteiger charge is 2.30. The van der Waals surface area contributed by atoms with E-state index in [1.54, 1.807) is 22.8 Å². The Morgan fingerprint density at radius 1 is 1.45 bits per heavy atom. The monoisotopic (exact) mass is 269 g/mol. The number of para-hydroxylation sites is 1. The lowest BCUT2D eigenvalue weighted by Crippen LogP contribution is -2.41. The molecule has 1 atom stereocenters. The number of carbonyl (C=O) groups is 2. The van der Waals surface area contributed by atoms with Gasteiger partial charge in [0.05, 0.1) is 11.1 Å². The minimum Gasteiger partial charge on any atom is -0.369 e. The highest BCUT2D eigenvalue weighted by Crippen LogP contribution is 2.28. The fourth-order valence-corrected chi connectivity index (χ4v) is 2.48. The van der Waals surface area contributed by atoms with E-state index in [2.05, 4.69) is 10.3 Å². The second-order valence-corrected chi connectivity index (χ2v) is 4.59. The number of nitrogens with two attached hydrogens (primary N) is 1. The number of hydrogen-bond acceptors (Lipinski definition) is 5. The molecule has 1 aliphatic heterocycles. The van der Waals surface area contributed by atoms with Gasteiger partial charge in [-0.15, -0.1) is 0 Å². The molecule has 0 spiro atoms. The van der Waals surface area contributed by atoms with Gasteiger partial charge in [0.25, 0.3) is 0 Å². The van der Waals surface area contributed by atoms with Crippen molar-refractivity contribution in [2.75, 3.05) is 5.73 Å². The average Bonchev–Trinajstić information content (AvgIpc) is 2.75. The first kappa shape index (κ1) is 12.2. The fraction of sp³-hybridized carbons (Fsp3) is 0.231. The molecule has 7 heteroatoms. The van der Waals surface area contributed by atoms with Crippen molar-refractivity contribution < 1.29 is 9.59 Å². The van der Waals surface area contributed by atoms with E-state index in [9.17, 15) is 9.59 Å². The van der Waals surface area contributed by atoms with Crippen LogP contribution in [-0.4, -0.2) is 21.4 Å². The largest absolute Gasteiger partial charge is 0.369 e. The Bertz CT molecular complexity index is 771. The molecule has 20 heavy (non-hydrogen) atoms. The van der Waals surface area contributed by atoms with Crippen LogP contribution in [0, 0.1) is 11.3 Å². The fourth-order valence-electron chi connectivity index (χ4n) is 2.48. The zero-order valence-corrected chi connectivity index (χ0v) is 10.5. The highest BCUT2D eigenvalue weighted by molar-refractivity contribution is 6.00. The second-order valence-electron chi connectivity index (χ2n) is 4.59. The predicted octanol–water partition coefficient (Wildman–Crippen LogP) is 0.468. The Labute approximate surface area is 114 Å². The van der Waals surface area contributed by atoms with Crippen LogP contribution in [0.4, 0.5) is 5.95 Å². The molecule has 2 amide bonds. The Morgan fingerprint density at radius 3 is 2.95 bits per heavy atom. The summed E-state index contributed by atoms with van der Waals surface area (Å²) in [4.78, 5) is 27.3. The van der Waals surface area contributed by atoms with Gasteiger partial charge >= 0.3 is 0 Å². The summed E-state index contributed by atoms with van der Waals surface area (Å²) in [5.41, 5.74) is 7.38. The molecule has 3 rings (SSSR count). The Hall–Kier alpha value is -2.88. The number of piperidine rings is 1. The van der Waals surface area contributed by atoms with E-state index in [1.165, 1.54) is 0 Å².